The molecule has 1 aliphatic heterocycles. The van der Waals surface area contributed by atoms with Gasteiger partial charge in [-0.2, -0.15) is 0 Å². The Labute approximate surface area is 153 Å². The third kappa shape index (κ3) is 4.81. The molecule has 0 atom stereocenters. The largest absolute Gasteiger partial charge is 0.369 e. The number of benzene rings is 1. The van der Waals surface area contributed by atoms with Crippen LogP contribution < -0.4 is 16.0 Å². The van der Waals surface area contributed by atoms with E-state index in [9.17, 15) is 9.59 Å². The van der Waals surface area contributed by atoms with Gasteiger partial charge in [-0.15, -0.1) is 0 Å². The van der Waals surface area contributed by atoms with Gasteiger partial charge in [0.05, 0.1) is 12.0 Å². The summed E-state index contributed by atoms with van der Waals surface area (Å²) in [4.78, 5) is 30.1. The summed E-state index contributed by atoms with van der Waals surface area (Å²) >= 11 is 0. The van der Waals surface area contributed by atoms with Crippen LogP contribution in [0.2, 0.25) is 0 Å². The van der Waals surface area contributed by atoms with Crippen molar-refractivity contribution in [1.82, 2.24) is 4.98 Å². The van der Waals surface area contributed by atoms with E-state index in [-0.39, 0.29) is 18.2 Å². The number of nitrogens with two attached hydrogens (primary N) is 1. The fraction of sp³-hybridized carbons (Fsp3) is 0.350. The van der Waals surface area contributed by atoms with Crippen LogP contribution in [0.5, 0.6) is 0 Å². The molecule has 3 rings (SSSR count). The molecular formula is C20H24N4O2. The Morgan fingerprint density at radius 3 is 2.27 bits per heavy atom. The average Bonchev–Trinajstić information content (AvgIpc) is 2.92. The summed E-state index contributed by atoms with van der Waals surface area (Å²) in [7, 11) is 0. The lowest BCUT2D eigenvalue weighted by atomic mass is 10.1. The first kappa shape index (κ1) is 17.9. The van der Waals surface area contributed by atoms with Crippen molar-refractivity contribution in [3.05, 3.63) is 53.7 Å². The van der Waals surface area contributed by atoms with Crippen molar-refractivity contribution in [2.75, 3.05) is 23.3 Å². The SMILES string of the molecule is NC(=O)Cc1ccc(NC(=O)c2ccc(N3CCCCCC3)nc2)cc1. The molecule has 6 nitrogen and oxygen atoms in total. The number of amides is 2. The van der Waals surface area contributed by atoms with Gasteiger partial charge in [-0.05, 0) is 42.7 Å². The van der Waals surface area contributed by atoms with Gasteiger partial charge in [0.1, 0.15) is 5.82 Å². The predicted molar refractivity (Wildman–Crippen MR) is 102 cm³/mol. The van der Waals surface area contributed by atoms with E-state index < -0.39 is 0 Å². The van der Waals surface area contributed by atoms with Crippen molar-refractivity contribution in [3.63, 3.8) is 0 Å². The number of hydrogen-bond acceptors (Lipinski definition) is 4. The summed E-state index contributed by atoms with van der Waals surface area (Å²) < 4.78 is 0. The zero-order valence-corrected chi connectivity index (χ0v) is 14.8. The fourth-order valence-electron chi connectivity index (χ4n) is 3.12. The highest BCUT2D eigenvalue weighted by Gasteiger charge is 2.12. The van der Waals surface area contributed by atoms with Crippen molar-refractivity contribution in [2.45, 2.75) is 32.1 Å². The van der Waals surface area contributed by atoms with E-state index in [1.165, 1.54) is 25.7 Å². The van der Waals surface area contributed by atoms with Crippen LogP contribution in [0.25, 0.3) is 0 Å². The Kier molecular flexibility index (Phi) is 5.84. The van der Waals surface area contributed by atoms with Gasteiger partial charge >= 0.3 is 0 Å². The molecule has 0 aliphatic carbocycles. The molecule has 2 aromatic rings. The van der Waals surface area contributed by atoms with Crippen LogP contribution in [0.3, 0.4) is 0 Å². The second-order valence-corrected chi connectivity index (χ2v) is 6.60. The Bertz CT molecular complexity index is 748. The van der Waals surface area contributed by atoms with Gasteiger partial charge in [0.25, 0.3) is 5.91 Å². The van der Waals surface area contributed by atoms with Crippen LogP contribution >= 0.6 is 0 Å². The lowest BCUT2D eigenvalue weighted by Crippen LogP contribution is -2.25. The Morgan fingerprint density at radius 1 is 1.00 bits per heavy atom. The number of hydrogen-bond donors (Lipinski definition) is 2. The van der Waals surface area contributed by atoms with Gasteiger partial charge < -0.3 is 16.0 Å². The van der Waals surface area contributed by atoms with E-state index in [4.69, 9.17) is 5.73 Å². The topological polar surface area (TPSA) is 88.3 Å². The van der Waals surface area contributed by atoms with Crippen molar-refractivity contribution < 1.29 is 9.59 Å². The quantitative estimate of drug-likeness (QED) is 0.866. The molecule has 1 aromatic heterocycles. The molecule has 26 heavy (non-hydrogen) atoms. The lowest BCUT2D eigenvalue weighted by Gasteiger charge is -2.21. The summed E-state index contributed by atoms with van der Waals surface area (Å²) in [6, 6.07) is 10.8. The molecule has 1 saturated heterocycles. The van der Waals surface area contributed by atoms with Gasteiger partial charge in [-0.3, -0.25) is 9.59 Å². The molecule has 136 valence electrons. The Balaban J connectivity index is 1.61. The van der Waals surface area contributed by atoms with Gasteiger partial charge in [0.2, 0.25) is 5.91 Å². The van der Waals surface area contributed by atoms with Crippen LogP contribution in [0.4, 0.5) is 11.5 Å². The molecule has 2 amide bonds. The second-order valence-electron chi connectivity index (χ2n) is 6.60. The second kappa shape index (κ2) is 8.47. The normalized spacial score (nSPS) is 14.5. The van der Waals surface area contributed by atoms with Gasteiger partial charge in [-0.1, -0.05) is 25.0 Å². The minimum Gasteiger partial charge on any atom is -0.369 e. The maximum Gasteiger partial charge on any atom is 0.257 e. The smallest absolute Gasteiger partial charge is 0.257 e. The highest BCUT2D eigenvalue weighted by atomic mass is 16.2. The number of pyridine rings is 1. The summed E-state index contributed by atoms with van der Waals surface area (Å²) in [6.07, 6.45) is 6.74. The van der Waals surface area contributed by atoms with Crippen molar-refractivity contribution in [3.8, 4) is 0 Å². The summed E-state index contributed by atoms with van der Waals surface area (Å²) in [5, 5.41) is 2.84. The van der Waals surface area contributed by atoms with E-state index in [0.717, 1.165) is 24.5 Å². The number of rotatable bonds is 5. The standard InChI is InChI=1S/C20H24N4O2/c21-18(25)13-15-5-8-17(9-6-15)23-20(26)16-7-10-19(22-14-16)24-11-3-1-2-4-12-24/h5-10,14H,1-4,11-13H2,(H2,21,25)(H,23,26). The van der Waals surface area contributed by atoms with Crippen LogP contribution in [-0.4, -0.2) is 29.9 Å². The van der Waals surface area contributed by atoms with Crippen molar-refractivity contribution >= 4 is 23.3 Å². The third-order valence-corrected chi connectivity index (χ3v) is 4.53. The molecule has 0 saturated carbocycles. The molecular weight excluding hydrogens is 328 g/mol. The summed E-state index contributed by atoms with van der Waals surface area (Å²) in [6.45, 7) is 2.05. The molecule has 0 radical (unpaired) electrons. The van der Waals surface area contributed by atoms with Crippen LogP contribution in [0, 0.1) is 0 Å². The first-order chi connectivity index (χ1) is 12.6. The van der Waals surface area contributed by atoms with Gasteiger partial charge in [-0.25, -0.2) is 4.98 Å². The van der Waals surface area contributed by atoms with Crippen molar-refractivity contribution in [2.24, 2.45) is 5.73 Å². The highest BCUT2D eigenvalue weighted by Crippen LogP contribution is 2.18. The fourth-order valence-corrected chi connectivity index (χ4v) is 3.12. The molecule has 0 bridgehead atoms. The predicted octanol–water partition coefficient (Wildman–Crippen LogP) is 2.74. The summed E-state index contributed by atoms with van der Waals surface area (Å²) in [5.41, 5.74) is 7.18. The van der Waals surface area contributed by atoms with E-state index in [0.29, 0.717) is 11.3 Å². The van der Waals surface area contributed by atoms with Gasteiger partial charge in [0, 0.05) is 25.0 Å². The number of anilines is 2. The summed E-state index contributed by atoms with van der Waals surface area (Å²) in [5.74, 6) is 0.346. The number of carbonyl (C=O) groups excluding carboxylic acids is 2. The van der Waals surface area contributed by atoms with Crippen LogP contribution in [0.15, 0.2) is 42.6 Å². The first-order valence-corrected chi connectivity index (χ1v) is 9.01. The van der Waals surface area contributed by atoms with Crippen LogP contribution in [0.1, 0.15) is 41.6 Å². The maximum atomic E-state index is 12.4. The zero-order chi connectivity index (χ0) is 18.4. The molecule has 2 heterocycles. The number of carbonyl (C=O) groups is 2. The molecule has 1 aliphatic rings. The lowest BCUT2D eigenvalue weighted by molar-refractivity contribution is -0.117. The minimum absolute atomic E-state index is 0.191. The number of nitrogens with zero attached hydrogens (tertiary/aromatic N) is 2. The van der Waals surface area contributed by atoms with E-state index in [1.54, 1.807) is 30.5 Å². The molecule has 3 N–H and O–H groups in total. The average molecular weight is 352 g/mol. The first-order valence-electron chi connectivity index (χ1n) is 9.01. The Hall–Kier alpha value is -2.89. The maximum absolute atomic E-state index is 12.4. The monoisotopic (exact) mass is 352 g/mol. The van der Waals surface area contributed by atoms with E-state index in [2.05, 4.69) is 15.2 Å². The molecule has 1 fully saturated rings. The Morgan fingerprint density at radius 2 is 1.69 bits per heavy atom. The number of aromatic nitrogens is 1. The highest BCUT2D eigenvalue weighted by molar-refractivity contribution is 6.04. The molecule has 1 aromatic carbocycles. The van der Waals surface area contributed by atoms with Crippen LogP contribution in [-0.2, 0) is 11.2 Å². The number of primary amides is 1. The minimum atomic E-state index is -0.377. The molecule has 0 spiro atoms. The molecule has 0 unspecified atom stereocenters. The molecule has 6 heteroatoms. The van der Waals surface area contributed by atoms with Gasteiger partial charge in [0.15, 0.2) is 0 Å². The third-order valence-electron chi connectivity index (χ3n) is 4.53. The van der Waals surface area contributed by atoms with E-state index >= 15 is 0 Å². The zero-order valence-electron chi connectivity index (χ0n) is 14.8. The van der Waals surface area contributed by atoms with E-state index in [1.807, 2.05) is 12.1 Å². The number of nitrogens with one attached hydrogen (secondary N) is 1. The van der Waals surface area contributed by atoms with Crippen molar-refractivity contribution in [1.29, 1.82) is 0 Å².